The first-order valence-corrected chi connectivity index (χ1v) is 8.11. The molecule has 0 fully saturated rings. The van der Waals surface area contributed by atoms with E-state index >= 15 is 0 Å². The quantitative estimate of drug-likeness (QED) is 0.342. The Labute approximate surface area is 161 Å². The fraction of sp³-hybridized carbons (Fsp3) is 0. The molecular weight excluding hydrogens is 392 g/mol. The highest BCUT2D eigenvalue weighted by Crippen LogP contribution is 2.21. The number of halogens is 4. The SMILES string of the molecule is O=C(Nc1ccc(NC(=O)c2cc(F)c(F)c(F)c2F)cc1)c1ccc(O)cc1. The van der Waals surface area contributed by atoms with E-state index in [1.807, 2.05) is 0 Å². The average Bonchev–Trinajstić information content (AvgIpc) is 2.71. The molecule has 0 atom stereocenters. The summed E-state index contributed by atoms with van der Waals surface area (Å²) >= 11 is 0. The molecule has 3 rings (SSSR count). The molecule has 2 amide bonds. The van der Waals surface area contributed by atoms with Crippen LogP contribution in [-0.2, 0) is 0 Å². The van der Waals surface area contributed by atoms with Gasteiger partial charge in [0.05, 0.1) is 5.56 Å². The van der Waals surface area contributed by atoms with Crippen LogP contribution in [-0.4, -0.2) is 16.9 Å². The van der Waals surface area contributed by atoms with Crippen molar-refractivity contribution in [3.63, 3.8) is 0 Å². The number of nitrogens with one attached hydrogen (secondary N) is 2. The summed E-state index contributed by atoms with van der Waals surface area (Å²) in [7, 11) is 0. The number of hydrogen-bond donors (Lipinski definition) is 3. The first-order chi connectivity index (χ1) is 13.8. The van der Waals surface area contributed by atoms with Crippen molar-refractivity contribution in [2.45, 2.75) is 0 Å². The lowest BCUT2D eigenvalue weighted by Crippen LogP contribution is -2.16. The lowest BCUT2D eigenvalue weighted by atomic mass is 10.1. The molecule has 0 saturated carbocycles. The van der Waals surface area contributed by atoms with Gasteiger partial charge < -0.3 is 15.7 Å². The highest BCUT2D eigenvalue weighted by molar-refractivity contribution is 6.05. The van der Waals surface area contributed by atoms with Crippen molar-refractivity contribution in [1.82, 2.24) is 0 Å². The maximum Gasteiger partial charge on any atom is 0.258 e. The molecule has 0 saturated heterocycles. The number of hydrogen-bond acceptors (Lipinski definition) is 3. The molecule has 0 spiro atoms. The molecule has 29 heavy (non-hydrogen) atoms. The van der Waals surface area contributed by atoms with Crippen molar-refractivity contribution < 1.29 is 32.3 Å². The number of rotatable bonds is 4. The van der Waals surface area contributed by atoms with E-state index in [-0.39, 0.29) is 17.5 Å². The summed E-state index contributed by atoms with van der Waals surface area (Å²) in [6, 6.07) is 11.4. The number of anilines is 2. The van der Waals surface area contributed by atoms with Gasteiger partial charge in [-0.3, -0.25) is 9.59 Å². The van der Waals surface area contributed by atoms with Gasteiger partial charge in [0.25, 0.3) is 11.8 Å². The third-order valence-corrected chi connectivity index (χ3v) is 3.88. The highest BCUT2D eigenvalue weighted by Gasteiger charge is 2.23. The molecule has 3 N–H and O–H groups in total. The van der Waals surface area contributed by atoms with E-state index in [9.17, 15) is 32.3 Å². The predicted octanol–water partition coefficient (Wildman–Crippen LogP) is 4.45. The van der Waals surface area contributed by atoms with Gasteiger partial charge in [0.15, 0.2) is 23.3 Å². The van der Waals surface area contributed by atoms with E-state index in [2.05, 4.69) is 10.6 Å². The molecular formula is C20H12F4N2O3. The second-order valence-electron chi connectivity index (χ2n) is 5.88. The summed E-state index contributed by atoms with van der Waals surface area (Å²) in [5.41, 5.74) is -0.185. The highest BCUT2D eigenvalue weighted by atomic mass is 19.2. The Balaban J connectivity index is 1.70. The molecule has 148 valence electrons. The average molecular weight is 404 g/mol. The minimum Gasteiger partial charge on any atom is -0.508 e. The van der Waals surface area contributed by atoms with Gasteiger partial charge in [0.1, 0.15) is 5.75 Å². The number of amides is 2. The van der Waals surface area contributed by atoms with Crippen LogP contribution >= 0.6 is 0 Å². The van der Waals surface area contributed by atoms with Crippen LogP contribution in [0, 0.1) is 23.3 Å². The second kappa shape index (κ2) is 8.01. The van der Waals surface area contributed by atoms with E-state index in [0.717, 1.165) is 0 Å². The maximum atomic E-state index is 13.7. The second-order valence-corrected chi connectivity index (χ2v) is 5.88. The van der Waals surface area contributed by atoms with E-state index in [0.29, 0.717) is 11.3 Å². The summed E-state index contributed by atoms with van der Waals surface area (Å²) in [6.45, 7) is 0. The zero-order chi connectivity index (χ0) is 21.1. The lowest BCUT2D eigenvalue weighted by Gasteiger charge is -2.09. The van der Waals surface area contributed by atoms with Crippen molar-refractivity contribution in [2.24, 2.45) is 0 Å². The Morgan fingerprint density at radius 2 is 1.21 bits per heavy atom. The van der Waals surface area contributed by atoms with Gasteiger partial charge >= 0.3 is 0 Å². The van der Waals surface area contributed by atoms with Crippen LogP contribution in [0.5, 0.6) is 5.75 Å². The van der Waals surface area contributed by atoms with Crippen molar-refractivity contribution in [2.75, 3.05) is 10.6 Å². The smallest absolute Gasteiger partial charge is 0.258 e. The van der Waals surface area contributed by atoms with E-state index in [1.165, 1.54) is 48.5 Å². The molecule has 0 aliphatic rings. The van der Waals surface area contributed by atoms with Crippen molar-refractivity contribution in [1.29, 1.82) is 0 Å². The number of carbonyl (C=O) groups is 2. The van der Waals surface area contributed by atoms with Gasteiger partial charge in [-0.2, -0.15) is 0 Å². The van der Waals surface area contributed by atoms with Gasteiger partial charge in [-0.25, -0.2) is 17.6 Å². The molecule has 0 bridgehead atoms. The Kier molecular flexibility index (Phi) is 5.49. The number of aromatic hydroxyl groups is 1. The summed E-state index contributed by atoms with van der Waals surface area (Å²) in [4.78, 5) is 24.1. The van der Waals surface area contributed by atoms with Gasteiger partial charge in [-0.05, 0) is 54.6 Å². The first-order valence-electron chi connectivity index (χ1n) is 8.11. The van der Waals surface area contributed by atoms with Crippen LogP contribution in [0.1, 0.15) is 20.7 Å². The standard InChI is InChI=1S/C20H12F4N2O3/c21-15-9-14(16(22)18(24)17(15)23)20(29)26-12-5-3-11(4-6-12)25-19(28)10-1-7-13(27)8-2-10/h1-9,27H,(H,25,28)(H,26,29). The predicted molar refractivity (Wildman–Crippen MR) is 96.7 cm³/mol. The largest absolute Gasteiger partial charge is 0.508 e. The van der Waals surface area contributed by atoms with Crippen LogP contribution in [0.4, 0.5) is 28.9 Å². The zero-order valence-electron chi connectivity index (χ0n) is 14.5. The van der Waals surface area contributed by atoms with Crippen LogP contribution in [0.15, 0.2) is 54.6 Å². The number of carbonyl (C=O) groups excluding carboxylic acids is 2. The van der Waals surface area contributed by atoms with E-state index < -0.39 is 40.6 Å². The van der Waals surface area contributed by atoms with Crippen molar-refractivity contribution in [3.8, 4) is 5.75 Å². The summed E-state index contributed by atoms with van der Waals surface area (Å²) in [5, 5.41) is 14.0. The van der Waals surface area contributed by atoms with Crippen LogP contribution in [0.3, 0.4) is 0 Å². The molecule has 3 aromatic rings. The fourth-order valence-electron chi connectivity index (χ4n) is 2.39. The molecule has 0 aliphatic carbocycles. The first kappa shape index (κ1) is 19.9. The molecule has 0 aliphatic heterocycles. The van der Waals surface area contributed by atoms with Gasteiger partial charge in [0.2, 0.25) is 0 Å². The Morgan fingerprint density at radius 1 is 0.690 bits per heavy atom. The molecule has 0 radical (unpaired) electrons. The molecule has 0 heterocycles. The van der Waals surface area contributed by atoms with E-state index in [4.69, 9.17) is 0 Å². The third-order valence-electron chi connectivity index (χ3n) is 3.88. The van der Waals surface area contributed by atoms with Gasteiger partial charge in [0, 0.05) is 16.9 Å². The summed E-state index contributed by atoms with van der Waals surface area (Å²) in [6.07, 6.45) is 0. The minimum atomic E-state index is -2.08. The maximum absolute atomic E-state index is 13.7. The van der Waals surface area contributed by atoms with Gasteiger partial charge in [-0.1, -0.05) is 0 Å². The van der Waals surface area contributed by atoms with Gasteiger partial charge in [-0.15, -0.1) is 0 Å². The minimum absolute atomic E-state index is 0.0130. The summed E-state index contributed by atoms with van der Waals surface area (Å²) < 4.78 is 53.2. The monoisotopic (exact) mass is 404 g/mol. The number of benzene rings is 3. The molecule has 3 aromatic carbocycles. The Hall–Kier alpha value is -3.88. The topological polar surface area (TPSA) is 78.4 Å². The lowest BCUT2D eigenvalue weighted by molar-refractivity contribution is 0.101. The molecule has 9 heteroatoms. The molecule has 5 nitrogen and oxygen atoms in total. The van der Waals surface area contributed by atoms with E-state index in [1.54, 1.807) is 0 Å². The Morgan fingerprint density at radius 3 is 1.76 bits per heavy atom. The zero-order valence-corrected chi connectivity index (χ0v) is 14.5. The van der Waals surface area contributed by atoms with Crippen molar-refractivity contribution in [3.05, 3.63) is 89.0 Å². The summed E-state index contributed by atoms with van der Waals surface area (Å²) in [5.74, 6) is -9.20. The molecule has 0 aromatic heterocycles. The van der Waals surface area contributed by atoms with Crippen LogP contribution < -0.4 is 10.6 Å². The normalized spacial score (nSPS) is 10.5. The Bertz CT molecular complexity index is 1080. The number of phenols is 1. The van der Waals surface area contributed by atoms with Crippen molar-refractivity contribution >= 4 is 23.2 Å². The third kappa shape index (κ3) is 4.34. The van der Waals surface area contributed by atoms with Crippen LogP contribution in [0.25, 0.3) is 0 Å². The fourth-order valence-corrected chi connectivity index (χ4v) is 2.39. The van der Waals surface area contributed by atoms with Crippen LogP contribution in [0.2, 0.25) is 0 Å². The number of phenolic OH excluding ortho intramolecular Hbond substituents is 1. The molecule has 0 unspecified atom stereocenters.